The Morgan fingerprint density at radius 2 is 1.27 bits per heavy atom. The molecule has 0 amide bonds. The SMILES string of the molecule is CCCCCC1CCC(C(=O)Oc2ccc(C#Cc3ccc(C4CCC(CCC)CC4)cc3)cc2)CC1. The van der Waals surface area contributed by atoms with E-state index in [4.69, 9.17) is 4.74 Å². The van der Waals surface area contributed by atoms with Crippen molar-refractivity contribution in [2.24, 2.45) is 17.8 Å². The molecule has 0 atom stereocenters. The molecule has 198 valence electrons. The van der Waals surface area contributed by atoms with E-state index in [2.05, 4.69) is 50.0 Å². The average molecular weight is 499 g/mol. The molecule has 37 heavy (non-hydrogen) atoms. The minimum Gasteiger partial charge on any atom is -0.426 e. The van der Waals surface area contributed by atoms with Crippen LogP contribution in [0.15, 0.2) is 48.5 Å². The highest BCUT2D eigenvalue weighted by Gasteiger charge is 2.27. The van der Waals surface area contributed by atoms with Crippen LogP contribution in [0.2, 0.25) is 0 Å². The lowest BCUT2D eigenvalue weighted by molar-refractivity contribution is -0.140. The predicted octanol–water partition coefficient (Wildman–Crippen LogP) is 9.45. The summed E-state index contributed by atoms with van der Waals surface area (Å²) in [5, 5.41) is 0. The molecule has 0 saturated heterocycles. The maximum Gasteiger partial charge on any atom is 0.314 e. The van der Waals surface area contributed by atoms with Gasteiger partial charge in [0.2, 0.25) is 0 Å². The van der Waals surface area contributed by atoms with E-state index in [1.165, 1.54) is 82.6 Å². The minimum absolute atomic E-state index is 0.0521. The lowest BCUT2D eigenvalue weighted by Crippen LogP contribution is -2.25. The Hall–Kier alpha value is -2.53. The van der Waals surface area contributed by atoms with Gasteiger partial charge in [-0.2, -0.15) is 0 Å². The first-order valence-corrected chi connectivity index (χ1v) is 15.1. The number of hydrogen-bond acceptors (Lipinski definition) is 2. The van der Waals surface area contributed by atoms with Crippen LogP contribution >= 0.6 is 0 Å². The van der Waals surface area contributed by atoms with Crippen molar-refractivity contribution in [3.05, 3.63) is 65.2 Å². The summed E-state index contributed by atoms with van der Waals surface area (Å²) in [6, 6.07) is 16.5. The Bertz CT molecular complexity index is 1010. The Balaban J connectivity index is 1.23. The summed E-state index contributed by atoms with van der Waals surface area (Å²) >= 11 is 0. The summed E-state index contributed by atoms with van der Waals surface area (Å²) in [4.78, 5) is 12.7. The van der Waals surface area contributed by atoms with E-state index in [1.807, 2.05) is 24.3 Å². The number of ether oxygens (including phenoxy) is 1. The maximum atomic E-state index is 12.7. The van der Waals surface area contributed by atoms with E-state index in [9.17, 15) is 4.79 Å². The molecule has 2 nitrogen and oxygen atoms in total. The van der Waals surface area contributed by atoms with Crippen molar-refractivity contribution in [1.29, 1.82) is 0 Å². The van der Waals surface area contributed by atoms with Crippen molar-refractivity contribution in [3.63, 3.8) is 0 Å². The molecule has 0 aliphatic heterocycles. The Morgan fingerprint density at radius 1 is 0.703 bits per heavy atom. The molecule has 0 aromatic heterocycles. The number of esters is 1. The first-order chi connectivity index (χ1) is 18.1. The summed E-state index contributed by atoms with van der Waals surface area (Å²) in [5.41, 5.74) is 3.45. The van der Waals surface area contributed by atoms with Crippen LogP contribution in [0.1, 0.15) is 126 Å². The van der Waals surface area contributed by atoms with Gasteiger partial charge in [-0.15, -0.1) is 0 Å². The molecule has 2 heteroatoms. The van der Waals surface area contributed by atoms with Crippen LogP contribution in [-0.4, -0.2) is 5.97 Å². The standard InChI is InChI=1S/C35H46O2/c1-3-5-6-8-28-15-23-33(24-16-28)35(36)37-34-25-17-30(18-26-34)10-9-29-13-21-32(22-14-29)31-19-11-27(7-4-2)12-20-31/h13-14,17-18,21-22,25-28,31,33H,3-8,11-12,15-16,19-20,23-24H2,1-2H3. The Kier molecular flexibility index (Phi) is 10.7. The zero-order chi connectivity index (χ0) is 25.9. The second-order valence-electron chi connectivity index (χ2n) is 11.5. The third-order valence-corrected chi connectivity index (χ3v) is 8.75. The molecular weight excluding hydrogens is 452 g/mol. The molecule has 2 aromatic rings. The van der Waals surface area contributed by atoms with Crippen LogP contribution in [0.4, 0.5) is 0 Å². The molecule has 2 aliphatic carbocycles. The number of benzene rings is 2. The van der Waals surface area contributed by atoms with Gasteiger partial charge in [0.15, 0.2) is 0 Å². The molecule has 2 saturated carbocycles. The molecule has 2 aromatic carbocycles. The number of hydrogen-bond donors (Lipinski definition) is 0. The first-order valence-electron chi connectivity index (χ1n) is 15.1. The van der Waals surface area contributed by atoms with Gasteiger partial charge >= 0.3 is 5.97 Å². The van der Waals surface area contributed by atoms with Crippen LogP contribution in [0, 0.1) is 29.6 Å². The summed E-state index contributed by atoms with van der Waals surface area (Å²) < 4.78 is 5.71. The van der Waals surface area contributed by atoms with Gasteiger partial charge in [-0.05, 0) is 111 Å². The zero-order valence-corrected chi connectivity index (χ0v) is 23.1. The lowest BCUT2D eigenvalue weighted by Gasteiger charge is -2.28. The molecule has 0 radical (unpaired) electrons. The van der Waals surface area contributed by atoms with Gasteiger partial charge in [0.25, 0.3) is 0 Å². The van der Waals surface area contributed by atoms with Gasteiger partial charge in [-0.3, -0.25) is 4.79 Å². The smallest absolute Gasteiger partial charge is 0.314 e. The fourth-order valence-electron chi connectivity index (χ4n) is 6.35. The number of rotatable bonds is 9. The summed E-state index contributed by atoms with van der Waals surface area (Å²) in [5.74, 6) is 9.62. The summed E-state index contributed by atoms with van der Waals surface area (Å²) in [6.45, 7) is 4.56. The minimum atomic E-state index is -0.0650. The molecule has 0 bridgehead atoms. The predicted molar refractivity (Wildman–Crippen MR) is 154 cm³/mol. The molecule has 0 unspecified atom stereocenters. The van der Waals surface area contributed by atoms with Crippen molar-refractivity contribution in [1.82, 2.24) is 0 Å². The topological polar surface area (TPSA) is 26.3 Å². The highest BCUT2D eigenvalue weighted by atomic mass is 16.5. The normalized spacial score (nSPS) is 23.6. The molecule has 2 aliphatic rings. The van der Waals surface area contributed by atoms with Gasteiger partial charge in [0.05, 0.1) is 5.92 Å². The highest BCUT2D eigenvalue weighted by molar-refractivity contribution is 5.75. The average Bonchev–Trinajstić information content (AvgIpc) is 2.94. The van der Waals surface area contributed by atoms with E-state index in [0.717, 1.165) is 35.8 Å². The van der Waals surface area contributed by atoms with Gasteiger partial charge < -0.3 is 4.74 Å². The van der Waals surface area contributed by atoms with Crippen LogP contribution in [-0.2, 0) is 4.79 Å². The van der Waals surface area contributed by atoms with Gasteiger partial charge in [-0.1, -0.05) is 76.3 Å². The van der Waals surface area contributed by atoms with E-state index >= 15 is 0 Å². The summed E-state index contributed by atoms with van der Waals surface area (Å²) in [7, 11) is 0. The molecule has 4 rings (SSSR count). The Morgan fingerprint density at radius 3 is 1.86 bits per heavy atom. The van der Waals surface area contributed by atoms with Crippen molar-refractivity contribution in [2.45, 2.75) is 110 Å². The lowest BCUT2D eigenvalue weighted by atomic mass is 9.77. The van der Waals surface area contributed by atoms with Gasteiger partial charge in [0, 0.05) is 11.1 Å². The van der Waals surface area contributed by atoms with Crippen molar-refractivity contribution >= 4 is 5.97 Å². The number of carbonyl (C=O) groups is 1. The van der Waals surface area contributed by atoms with Gasteiger partial charge in [0.1, 0.15) is 5.75 Å². The summed E-state index contributed by atoms with van der Waals surface area (Å²) in [6.07, 6.45) is 17.7. The fraction of sp³-hybridized carbons (Fsp3) is 0.571. The number of carbonyl (C=O) groups excluding carboxylic acids is 1. The van der Waals surface area contributed by atoms with E-state index in [-0.39, 0.29) is 11.9 Å². The van der Waals surface area contributed by atoms with E-state index < -0.39 is 0 Å². The molecular formula is C35H46O2. The van der Waals surface area contributed by atoms with Crippen molar-refractivity contribution in [2.75, 3.05) is 0 Å². The number of unbranched alkanes of at least 4 members (excludes halogenated alkanes) is 2. The molecule has 2 fully saturated rings. The maximum absolute atomic E-state index is 12.7. The Labute approximate surface area is 225 Å². The molecule has 0 spiro atoms. The molecule has 0 heterocycles. The van der Waals surface area contributed by atoms with Crippen LogP contribution in [0.25, 0.3) is 0 Å². The molecule has 0 N–H and O–H groups in total. The first kappa shape index (κ1) is 27.5. The third kappa shape index (κ3) is 8.49. The zero-order valence-electron chi connectivity index (χ0n) is 23.1. The second kappa shape index (κ2) is 14.4. The van der Waals surface area contributed by atoms with E-state index in [0.29, 0.717) is 11.7 Å². The van der Waals surface area contributed by atoms with E-state index in [1.54, 1.807) is 0 Å². The quantitative estimate of drug-likeness (QED) is 0.149. The second-order valence-corrected chi connectivity index (χ2v) is 11.5. The van der Waals surface area contributed by atoms with Crippen LogP contribution in [0.5, 0.6) is 5.75 Å². The van der Waals surface area contributed by atoms with Crippen molar-refractivity contribution in [3.8, 4) is 17.6 Å². The van der Waals surface area contributed by atoms with Crippen molar-refractivity contribution < 1.29 is 9.53 Å². The van der Waals surface area contributed by atoms with Crippen LogP contribution in [0.3, 0.4) is 0 Å². The third-order valence-electron chi connectivity index (χ3n) is 8.75. The fourth-order valence-corrected chi connectivity index (χ4v) is 6.35. The van der Waals surface area contributed by atoms with Crippen LogP contribution < -0.4 is 4.74 Å². The van der Waals surface area contributed by atoms with Gasteiger partial charge in [-0.25, -0.2) is 0 Å². The monoisotopic (exact) mass is 498 g/mol. The largest absolute Gasteiger partial charge is 0.426 e. The highest BCUT2D eigenvalue weighted by Crippen LogP contribution is 2.37.